The quantitative estimate of drug-likeness (QED) is 0.782. The Morgan fingerprint density at radius 2 is 2.18 bits per heavy atom. The van der Waals surface area contributed by atoms with Gasteiger partial charge < -0.3 is 15.5 Å². The van der Waals surface area contributed by atoms with Crippen molar-refractivity contribution in [1.29, 1.82) is 0 Å². The predicted octanol–water partition coefficient (Wildman–Crippen LogP) is 3.49. The molecule has 0 amide bonds. The Labute approximate surface area is 134 Å². The monoisotopic (exact) mass is 312 g/mol. The van der Waals surface area contributed by atoms with E-state index in [1.807, 2.05) is 6.07 Å². The first-order chi connectivity index (χ1) is 10.7. The maximum atomic E-state index is 5.03. The summed E-state index contributed by atoms with van der Waals surface area (Å²) < 4.78 is 0. The fourth-order valence-corrected chi connectivity index (χ4v) is 4.04. The van der Waals surface area contributed by atoms with Crippen LogP contribution < -0.4 is 10.6 Å². The van der Waals surface area contributed by atoms with E-state index in [2.05, 4.69) is 53.6 Å². The van der Waals surface area contributed by atoms with Crippen LogP contribution in [0.1, 0.15) is 17.4 Å². The minimum absolute atomic E-state index is 0.450. The first-order valence-corrected chi connectivity index (χ1v) is 8.57. The highest BCUT2D eigenvalue weighted by atomic mass is 32.1. The third-order valence-corrected chi connectivity index (χ3v) is 5.21. The number of aryl methyl sites for hydroxylation is 1. The molecule has 5 heteroatoms. The molecule has 114 valence electrons. The maximum Gasteiger partial charge on any atom is 0.139 e. The van der Waals surface area contributed by atoms with Crippen molar-refractivity contribution in [2.24, 2.45) is 4.99 Å². The van der Waals surface area contributed by atoms with Gasteiger partial charge in [-0.1, -0.05) is 12.1 Å². The van der Waals surface area contributed by atoms with Gasteiger partial charge in [-0.25, -0.2) is 4.99 Å². The molecule has 0 radical (unpaired) electrons. The van der Waals surface area contributed by atoms with Crippen molar-refractivity contribution >= 4 is 33.5 Å². The van der Waals surface area contributed by atoms with Crippen molar-refractivity contribution in [1.82, 2.24) is 10.2 Å². The third-order valence-electron chi connectivity index (χ3n) is 4.25. The number of piperazine rings is 1. The van der Waals surface area contributed by atoms with Gasteiger partial charge in [-0.05, 0) is 32.0 Å². The van der Waals surface area contributed by atoms with Crippen LogP contribution in [-0.4, -0.2) is 36.4 Å². The molecule has 0 bridgehead atoms. The highest BCUT2D eigenvalue weighted by molar-refractivity contribution is 7.16. The lowest BCUT2D eigenvalue weighted by atomic mass is 10.1. The molecule has 1 unspecified atom stereocenters. The van der Waals surface area contributed by atoms with E-state index in [1.54, 1.807) is 11.3 Å². The zero-order valence-corrected chi connectivity index (χ0v) is 13.7. The van der Waals surface area contributed by atoms with E-state index < -0.39 is 0 Å². The Kier molecular flexibility index (Phi) is 3.39. The molecule has 1 aromatic carbocycles. The molecule has 2 aromatic rings. The second kappa shape index (κ2) is 5.41. The number of nitrogens with zero attached hydrogens (tertiary/aromatic N) is 2. The second-order valence-electron chi connectivity index (χ2n) is 5.92. The molecular weight excluding hydrogens is 292 g/mol. The summed E-state index contributed by atoms with van der Waals surface area (Å²) in [6, 6.07) is 11.0. The summed E-state index contributed by atoms with van der Waals surface area (Å²) in [6.45, 7) is 7.43. The number of amidine groups is 1. The summed E-state index contributed by atoms with van der Waals surface area (Å²) in [4.78, 5) is 8.78. The van der Waals surface area contributed by atoms with Crippen LogP contribution in [0.5, 0.6) is 0 Å². The van der Waals surface area contributed by atoms with Crippen molar-refractivity contribution < 1.29 is 0 Å². The Hall–Kier alpha value is -1.85. The molecule has 1 atom stereocenters. The zero-order valence-electron chi connectivity index (χ0n) is 12.9. The van der Waals surface area contributed by atoms with E-state index >= 15 is 0 Å². The predicted molar refractivity (Wildman–Crippen MR) is 94.0 cm³/mol. The molecule has 0 spiro atoms. The van der Waals surface area contributed by atoms with Crippen LogP contribution in [0, 0.1) is 6.92 Å². The molecule has 3 heterocycles. The van der Waals surface area contributed by atoms with Crippen LogP contribution in [0.3, 0.4) is 0 Å². The standard InChI is InChI=1S/C17H20N4S/c1-11-10-18-7-8-21(11)16-13-9-12(2)22-17(13)20-15-6-4-3-5-14(15)19-16/h3-6,9,11,18,20H,7-8,10H2,1-2H3. The number of nitrogens with one attached hydrogen (secondary N) is 2. The summed E-state index contributed by atoms with van der Waals surface area (Å²) in [5.41, 5.74) is 3.33. The van der Waals surface area contributed by atoms with E-state index in [4.69, 9.17) is 4.99 Å². The van der Waals surface area contributed by atoms with Gasteiger partial charge in [0.05, 0.1) is 16.9 Å². The lowest BCUT2D eigenvalue weighted by Gasteiger charge is -2.36. The molecule has 1 fully saturated rings. The van der Waals surface area contributed by atoms with Gasteiger partial charge in [0.2, 0.25) is 0 Å². The van der Waals surface area contributed by atoms with Crippen LogP contribution in [0.2, 0.25) is 0 Å². The Balaban J connectivity index is 1.87. The Morgan fingerprint density at radius 3 is 3.05 bits per heavy atom. The van der Waals surface area contributed by atoms with Crippen molar-refractivity contribution in [3.63, 3.8) is 0 Å². The van der Waals surface area contributed by atoms with Gasteiger partial charge in [0.1, 0.15) is 10.8 Å². The normalized spacial score (nSPS) is 20.5. The van der Waals surface area contributed by atoms with E-state index in [0.29, 0.717) is 6.04 Å². The largest absolute Gasteiger partial charge is 0.351 e. The number of thiophene rings is 1. The highest BCUT2D eigenvalue weighted by Gasteiger charge is 2.27. The lowest BCUT2D eigenvalue weighted by Crippen LogP contribution is -2.52. The summed E-state index contributed by atoms with van der Waals surface area (Å²) in [6.07, 6.45) is 0. The first kappa shape index (κ1) is 13.8. The minimum atomic E-state index is 0.450. The molecule has 0 aliphatic carbocycles. The van der Waals surface area contributed by atoms with Crippen LogP contribution in [0.4, 0.5) is 16.4 Å². The summed E-state index contributed by atoms with van der Waals surface area (Å²) >= 11 is 1.80. The molecule has 4 rings (SSSR count). The minimum Gasteiger partial charge on any atom is -0.351 e. The van der Waals surface area contributed by atoms with E-state index in [9.17, 15) is 0 Å². The molecule has 4 nitrogen and oxygen atoms in total. The number of benzene rings is 1. The molecule has 22 heavy (non-hydrogen) atoms. The number of para-hydroxylation sites is 2. The maximum absolute atomic E-state index is 5.03. The van der Waals surface area contributed by atoms with Gasteiger partial charge in [-0.3, -0.25) is 0 Å². The van der Waals surface area contributed by atoms with Crippen LogP contribution in [-0.2, 0) is 0 Å². The molecule has 2 aliphatic heterocycles. The average molecular weight is 312 g/mol. The first-order valence-electron chi connectivity index (χ1n) is 7.75. The Morgan fingerprint density at radius 1 is 1.32 bits per heavy atom. The van der Waals surface area contributed by atoms with Gasteiger partial charge in [-0.15, -0.1) is 11.3 Å². The lowest BCUT2D eigenvalue weighted by molar-refractivity contribution is 0.275. The average Bonchev–Trinajstić information content (AvgIpc) is 2.80. The van der Waals surface area contributed by atoms with Gasteiger partial charge in [-0.2, -0.15) is 0 Å². The molecule has 1 saturated heterocycles. The number of anilines is 2. The van der Waals surface area contributed by atoms with Crippen molar-refractivity contribution in [2.75, 3.05) is 25.0 Å². The molecule has 2 N–H and O–H groups in total. The zero-order chi connectivity index (χ0) is 15.1. The fraction of sp³-hybridized carbons (Fsp3) is 0.353. The smallest absolute Gasteiger partial charge is 0.139 e. The van der Waals surface area contributed by atoms with Gasteiger partial charge in [0.15, 0.2) is 0 Å². The van der Waals surface area contributed by atoms with Gasteiger partial charge in [0, 0.05) is 30.6 Å². The van der Waals surface area contributed by atoms with Crippen LogP contribution >= 0.6 is 11.3 Å². The van der Waals surface area contributed by atoms with Crippen molar-refractivity contribution in [3.05, 3.63) is 40.8 Å². The fourth-order valence-electron chi connectivity index (χ4n) is 3.12. The van der Waals surface area contributed by atoms with Crippen LogP contribution in [0.15, 0.2) is 35.3 Å². The molecule has 1 aromatic heterocycles. The highest BCUT2D eigenvalue weighted by Crippen LogP contribution is 2.39. The number of rotatable bonds is 0. The SMILES string of the molecule is Cc1cc2c(s1)Nc1ccccc1N=C2N1CCNCC1C. The summed E-state index contributed by atoms with van der Waals surface area (Å²) in [7, 11) is 0. The number of aliphatic imine (C=N–C) groups is 1. The summed E-state index contributed by atoms with van der Waals surface area (Å²) in [5, 5.41) is 8.23. The summed E-state index contributed by atoms with van der Waals surface area (Å²) in [5.74, 6) is 1.10. The van der Waals surface area contributed by atoms with E-state index in [1.165, 1.54) is 15.4 Å². The van der Waals surface area contributed by atoms with Crippen molar-refractivity contribution in [3.8, 4) is 0 Å². The van der Waals surface area contributed by atoms with Crippen molar-refractivity contribution in [2.45, 2.75) is 19.9 Å². The van der Waals surface area contributed by atoms with Gasteiger partial charge in [0.25, 0.3) is 0 Å². The molecule has 2 aliphatic rings. The number of fused-ring (bicyclic) bond motifs is 2. The van der Waals surface area contributed by atoms with E-state index in [-0.39, 0.29) is 0 Å². The number of hydrogen-bond donors (Lipinski definition) is 2. The topological polar surface area (TPSA) is 39.7 Å². The Bertz CT molecular complexity index is 734. The molecule has 0 saturated carbocycles. The number of hydrogen-bond acceptors (Lipinski definition) is 5. The second-order valence-corrected chi connectivity index (χ2v) is 7.18. The van der Waals surface area contributed by atoms with Crippen LogP contribution in [0.25, 0.3) is 0 Å². The molecular formula is C17H20N4S. The third kappa shape index (κ3) is 2.30. The van der Waals surface area contributed by atoms with Gasteiger partial charge >= 0.3 is 0 Å². The van der Waals surface area contributed by atoms with E-state index in [0.717, 1.165) is 36.8 Å².